The molecular formula is C24H26ClNO3. The van der Waals surface area contributed by atoms with Crippen LogP contribution >= 0.6 is 11.6 Å². The summed E-state index contributed by atoms with van der Waals surface area (Å²) in [6.07, 6.45) is 1.96. The second-order valence-corrected chi connectivity index (χ2v) is 7.87. The van der Waals surface area contributed by atoms with E-state index in [1.54, 1.807) is 24.3 Å². The first kappa shape index (κ1) is 22.5. The van der Waals surface area contributed by atoms with Gasteiger partial charge in [-0.25, -0.2) is 4.79 Å². The van der Waals surface area contributed by atoms with Gasteiger partial charge in [0.2, 0.25) is 6.10 Å². The smallest absolute Gasteiger partial charge is 0.332 e. The topological polar surface area (TPSA) is 59.3 Å². The van der Waals surface area contributed by atoms with Gasteiger partial charge in [-0.05, 0) is 49.9 Å². The van der Waals surface area contributed by atoms with E-state index < -0.39 is 12.1 Å². The first-order valence-corrected chi connectivity index (χ1v) is 10.1. The molecule has 0 aliphatic rings. The van der Waals surface area contributed by atoms with Crippen LogP contribution in [0, 0.1) is 17.2 Å². The Morgan fingerprint density at radius 1 is 1.10 bits per heavy atom. The van der Waals surface area contributed by atoms with Gasteiger partial charge in [-0.15, -0.1) is 11.6 Å². The third kappa shape index (κ3) is 7.63. The summed E-state index contributed by atoms with van der Waals surface area (Å²) < 4.78 is 11.2. The largest absolute Gasteiger partial charge is 0.457 e. The summed E-state index contributed by atoms with van der Waals surface area (Å²) in [6.45, 7) is 5.96. The van der Waals surface area contributed by atoms with Gasteiger partial charge in [0.25, 0.3) is 0 Å². The number of benzene rings is 2. The zero-order valence-corrected chi connectivity index (χ0v) is 17.7. The lowest BCUT2D eigenvalue weighted by molar-refractivity contribution is -0.140. The number of nitriles is 1. The molecule has 0 heterocycles. The van der Waals surface area contributed by atoms with E-state index >= 15 is 0 Å². The van der Waals surface area contributed by atoms with Crippen LogP contribution < -0.4 is 4.74 Å². The fourth-order valence-electron chi connectivity index (χ4n) is 2.73. The Bertz CT molecular complexity index is 869. The fourth-order valence-corrected chi connectivity index (χ4v) is 2.84. The maximum absolute atomic E-state index is 12.4. The van der Waals surface area contributed by atoms with Crippen LogP contribution in [0.15, 0.2) is 66.2 Å². The summed E-state index contributed by atoms with van der Waals surface area (Å²) >= 11 is 6.02. The predicted molar refractivity (Wildman–Crippen MR) is 115 cm³/mol. The molecule has 0 aliphatic carbocycles. The lowest BCUT2D eigenvalue weighted by Gasteiger charge is -2.14. The average Bonchev–Trinajstić information content (AvgIpc) is 2.70. The minimum Gasteiger partial charge on any atom is -0.457 e. The van der Waals surface area contributed by atoms with Crippen molar-refractivity contribution in [3.63, 3.8) is 0 Å². The number of para-hydroxylation sites is 1. The number of allylic oxidation sites excluding steroid dienone is 1. The highest BCUT2D eigenvalue weighted by Crippen LogP contribution is 2.26. The number of nitrogens with zero attached hydrogens (tertiary/aromatic N) is 1. The molecule has 29 heavy (non-hydrogen) atoms. The Kier molecular flexibility index (Phi) is 8.76. The Labute approximate surface area is 177 Å². The number of hydrogen-bond acceptors (Lipinski definition) is 4. The number of ether oxygens (including phenoxy) is 2. The quantitative estimate of drug-likeness (QED) is 0.265. The van der Waals surface area contributed by atoms with Crippen LogP contribution in [0.25, 0.3) is 0 Å². The van der Waals surface area contributed by atoms with E-state index in [4.69, 9.17) is 21.1 Å². The van der Waals surface area contributed by atoms with Crippen molar-refractivity contribution in [3.05, 3.63) is 71.8 Å². The van der Waals surface area contributed by atoms with Gasteiger partial charge in [0, 0.05) is 17.0 Å². The zero-order valence-electron chi connectivity index (χ0n) is 17.0. The predicted octanol–water partition coefficient (Wildman–Crippen LogP) is 6.58. The third-order valence-corrected chi connectivity index (χ3v) is 4.58. The number of hydrogen-bond donors (Lipinski definition) is 0. The van der Waals surface area contributed by atoms with Gasteiger partial charge >= 0.3 is 5.97 Å². The van der Waals surface area contributed by atoms with Gasteiger partial charge in [0.05, 0.1) is 0 Å². The number of carbonyl (C=O) groups is 1. The number of halogens is 1. The second kappa shape index (κ2) is 11.3. The SMILES string of the molecule is CC(Cl)CCC(=CC(=O)OC(C#N)c1cccc(Oc2ccccc2)c1)C(C)C. The Morgan fingerprint density at radius 2 is 1.79 bits per heavy atom. The van der Waals surface area contributed by atoms with Crippen LogP contribution in [-0.4, -0.2) is 11.3 Å². The van der Waals surface area contributed by atoms with Crippen molar-refractivity contribution in [2.24, 2.45) is 5.92 Å². The Hall–Kier alpha value is -2.77. The summed E-state index contributed by atoms with van der Waals surface area (Å²) in [5.74, 6) is 0.922. The van der Waals surface area contributed by atoms with E-state index in [0.717, 1.165) is 18.4 Å². The second-order valence-electron chi connectivity index (χ2n) is 7.13. The zero-order chi connectivity index (χ0) is 21.2. The molecule has 0 spiro atoms. The van der Waals surface area contributed by atoms with Gasteiger partial charge < -0.3 is 9.47 Å². The highest BCUT2D eigenvalue weighted by atomic mass is 35.5. The number of esters is 1. The molecule has 0 fully saturated rings. The first-order valence-electron chi connectivity index (χ1n) is 9.66. The van der Waals surface area contributed by atoms with E-state index in [0.29, 0.717) is 17.1 Å². The van der Waals surface area contributed by atoms with Gasteiger partial charge in [-0.1, -0.05) is 49.8 Å². The van der Waals surface area contributed by atoms with Crippen LogP contribution in [0.1, 0.15) is 45.3 Å². The highest BCUT2D eigenvalue weighted by molar-refractivity contribution is 6.20. The lowest BCUT2D eigenvalue weighted by Crippen LogP contribution is -2.10. The number of rotatable bonds is 9. The minimum atomic E-state index is -1.02. The van der Waals surface area contributed by atoms with Crippen LogP contribution in [-0.2, 0) is 9.53 Å². The first-order chi connectivity index (χ1) is 13.9. The van der Waals surface area contributed by atoms with Crippen LogP contribution in [0.4, 0.5) is 0 Å². The average molecular weight is 412 g/mol. The molecule has 2 atom stereocenters. The number of carbonyl (C=O) groups excluding carboxylic acids is 1. The van der Waals surface area contributed by atoms with E-state index in [1.807, 2.05) is 57.2 Å². The van der Waals surface area contributed by atoms with Crippen LogP contribution in [0.5, 0.6) is 11.5 Å². The Balaban J connectivity index is 2.10. The molecule has 0 radical (unpaired) electrons. The highest BCUT2D eigenvalue weighted by Gasteiger charge is 2.17. The molecule has 2 aromatic rings. The molecule has 0 aromatic heterocycles. The minimum absolute atomic E-state index is 0.0346. The summed E-state index contributed by atoms with van der Waals surface area (Å²) in [5.41, 5.74) is 1.52. The lowest BCUT2D eigenvalue weighted by atomic mass is 9.97. The van der Waals surface area contributed by atoms with Gasteiger partial charge in [0.1, 0.15) is 17.6 Å². The fraction of sp³-hybridized carbons (Fsp3) is 0.333. The van der Waals surface area contributed by atoms with Crippen molar-refractivity contribution in [3.8, 4) is 17.6 Å². The monoisotopic (exact) mass is 411 g/mol. The Morgan fingerprint density at radius 3 is 2.41 bits per heavy atom. The molecule has 0 N–H and O–H groups in total. The van der Waals surface area contributed by atoms with Crippen molar-refractivity contribution in [2.75, 3.05) is 0 Å². The molecule has 4 nitrogen and oxygen atoms in total. The molecule has 0 bridgehead atoms. The maximum Gasteiger partial charge on any atom is 0.332 e. The van der Waals surface area contributed by atoms with E-state index in [9.17, 15) is 10.1 Å². The molecule has 5 heteroatoms. The van der Waals surface area contributed by atoms with Crippen molar-refractivity contribution >= 4 is 17.6 Å². The molecule has 152 valence electrons. The van der Waals surface area contributed by atoms with Crippen molar-refractivity contribution in [2.45, 2.75) is 45.1 Å². The standard InChI is InChI=1S/C24H26ClNO3/c1-17(2)19(13-12-18(3)25)15-24(27)29-23(16-26)20-8-7-11-22(14-20)28-21-9-5-4-6-10-21/h4-11,14-15,17-18,23H,12-13H2,1-3H3. The van der Waals surface area contributed by atoms with Gasteiger partial charge in [-0.2, -0.15) is 5.26 Å². The summed E-state index contributed by atoms with van der Waals surface area (Å²) in [5, 5.41) is 9.56. The number of alkyl halides is 1. The van der Waals surface area contributed by atoms with Crippen molar-refractivity contribution in [1.29, 1.82) is 5.26 Å². The molecule has 2 rings (SSSR count). The van der Waals surface area contributed by atoms with Crippen LogP contribution in [0.3, 0.4) is 0 Å². The van der Waals surface area contributed by atoms with Gasteiger partial charge in [-0.3, -0.25) is 0 Å². The normalized spacial score (nSPS) is 13.4. The molecule has 0 saturated heterocycles. The summed E-state index contributed by atoms with van der Waals surface area (Å²) in [7, 11) is 0. The van der Waals surface area contributed by atoms with Crippen LogP contribution in [0.2, 0.25) is 0 Å². The van der Waals surface area contributed by atoms with Gasteiger partial charge in [0.15, 0.2) is 0 Å². The molecule has 2 aromatic carbocycles. The summed E-state index contributed by atoms with van der Waals surface area (Å²) in [6, 6.07) is 18.4. The third-order valence-electron chi connectivity index (χ3n) is 4.37. The molecule has 0 amide bonds. The van der Waals surface area contributed by atoms with E-state index in [2.05, 4.69) is 0 Å². The van der Waals surface area contributed by atoms with Crippen molar-refractivity contribution in [1.82, 2.24) is 0 Å². The summed E-state index contributed by atoms with van der Waals surface area (Å²) in [4.78, 5) is 12.4. The van der Waals surface area contributed by atoms with E-state index in [-0.39, 0.29) is 11.3 Å². The molecule has 0 saturated carbocycles. The maximum atomic E-state index is 12.4. The molecular weight excluding hydrogens is 386 g/mol. The van der Waals surface area contributed by atoms with E-state index in [1.165, 1.54) is 6.08 Å². The molecule has 2 unspecified atom stereocenters. The van der Waals surface area contributed by atoms with Crippen molar-refractivity contribution < 1.29 is 14.3 Å². The molecule has 0 aliphatic heterocycles.